The molecule has 1 aliphatic heterocycles. The molecule has 3 rings (SSSR count). The summed E-state index contributed by atoms with van der Waals surface area (Å²) in [5.74, 6) is 0.226. The van der Waals surface area contributed by atoms with Crippen molar-refractivity contribution < 1.29 is 4.79 Å². The maximum atomic E-state index is 12.6. The summed E-state index contributed by atoms with van der Waals surface area (Å²) in [5, 5.41) is 3.47. The Morgan fingerprint density at radius 1 is 1.32 bits per heavy atom. The van der Waals surface area contributed by atoms with Gasteiger partial charge in [0, 0.05) is 17.1 Å². The fourth-order valence-corrected chi connectivity index (χ4v) is 3.12. The molecule has 1 aromatic rings. The predicted octanol–water partition coefficient (Wildman–Crippen LogP) is 3.00. The number of carbonyl (C=O) groups is 1. The molecule has 4 heteroatoms. The molecule has 1 saturated carbocycles. The summed E-state index contributed by atoms with van der Waals surface area (Å²) in [6.45, 7) is 2.88. The molecule has 0 aromatic heterocycles. The van der Waals surface area contributed by atoms with Crippen LogP contribution in [-0.2, 0) is 4.79 Å². The molecule has 2 fully saturated rings. The zero-order chi connectivity index (χ0) is 13.4. The second-order valence-electron chi connectivity index (χ2n) is 5.53. The lowest BCUT2D eigenvalue weighted by Crippen LogP contribution is -2.51. The Morgan fingerprint density at radius 3 is 2.84 bits per heavy atom. The van der Waals surface area contributed by atoms with Gasteiger partial charge in [0.1, 0.15) is 0 Å². The minimum atomic E-state index is 0.00802. The number of carbonyl (C=O) groups excluding carboxylic acids is 1. The maximum absolute atomic E-state index is 12.6. The van der Waals surface area contributed by atoms with E-state index in [9.17, 15) is 4.79 Å². The van der Waals surface area contributed by atoms with E-state index in [-0.39, 0.29) is 11.9 Å². The fraction of sp³-hybridized carbons (Fsp3) is 0.533. The highest BCUT2D eigenvalue weighted by Gasteiger charge is 2.34. The van der Waals surface area contributed by atoms with Crippen LogP contribution in [0.3, 0.4) is 0 Å². The number of anilines is 1. The Balaban J connectivity index is 1.82. The predicted molar refractivity (Wildman–Crippen MR) is 80.4 cm³/mol. The van der Waals surface area contributed by atoms with Gasteiger partial charge < -0.3 is 10.2 Å². The highest BCUT2D eigenvalue weighted by molar-refractivity contribution is 9.10. The van der Waals surface area contributed by atoms with Gasteiger partial charge in [-0.2, -0.15) is 0 Å². The number of amides is 1. The van der Waals surface area contributed by atoms with E-state index in [0.717, 1.165) is 29.5 Å². The number of hydrogen-bond acceptors (Lipinski definition) is 2. The number of nitrogens with one attached hydrogen (secondary N) is 1. The lowest BCUT2D eigenvalue weighted by molar-refractivity contribution is -0.121. The summed E-state index contributed by atoms with van der Waals surface area (Å²) in [6.07, 6.45) is 4.47. The molecule has 3 nitrogen and oxygen atoms in total. The molecule has 1 unspecified atom stereocenters. The summed E-state index contributed by atoms with van der Waals surface area (Å²) in [4.78, 5) is 14.5. The number of aryl methyl sites for hydroxylation is 1. The monoisotopic (exact) mass is 322 g/mol. The van der Waals surface area contributed by atoms with Crippen molar-refractivity contribution in [2.75, 3.05) is 11.4 Å². The first-order valence-corrected chi connectivity index (χ1v) is 7.78. The molecule has 102 valence electrons. The Hall–Kier alpha value is -0.870. The fourth-order valence-electron chi connectivity index (χ4n) is 2.64. The van der Waals surface area contributed by atoms with Gasteiger partial charge in [-0.15, -0.1) is 0 Å². The molecule has 0 bridgehead atoms. The molecule has 1 heterocycles. The van der Waals surface area contributed by atoms with E-state index in [2.05, 4.69) is 34.2 Å². The zero-order valence-electron chi connectivity index (χ0n) is 11.2. The molecular formula is C15H19BrN2O. The summed E-state index contributed by atoms with van der Waals surface area (Å²) in [6, 6.07) is 6.68. The lowest BCUT2D eigenvalue weighted by atomic mass is 10.0. The van der Waals surface area contributed by atoms with Crippen molar-refractivity contribution in [2.24, 2.45) is 0 Å². The van der Waals surface area contributed by atoms with E-state index in [0.29, 0.717) is 6.04 Å². The highest BCUT2D eigenvalue weighted by atomic mass is 79.9. The van der Waals surface area contributed by atoms with Gasteiger partial charge in [0.15, 0.2) is 0 Å². The molecule has 1 atom stereocenters. The third-order valence-corrected chi connectivity index (χ3v) is 4.95. The maximum Gasteiger partial charge on any atom is 0.244 e. The van der Waals surface area contributed by atoms with Crippen LogP contribution < -0.4 is 10.2 Å². The first-order valence-electron chi connectivity index (χ1n) is 6.99. The number of hydrogen-bond donors (Lipinski definition) is 1. The topological polar surface area (TPSA) is 32.3 Å². The van der Waals surface area contributed by atoms with E-state index < -0.39 is 0 Å². The van der Waals surface area contributed by atoms with Crippen molar-refractivity contribution >= 4 is 27.5 Å². The summed E-state index contributed by atoms with van der Waals surface area (Å²) in [7, 11) is 0. The molecule has 0 radical (unpaired) electrons. The Labute approximate surface area is 122 Å². The van der Waals surface area contributed by atoms with E-state index in [1.807, 2.05) is 17.0 Å². The Kier molecular flexibility index (Phi) is 3.63. The van der Waals surface area contributed by atoms with Crippen LogP contribution >= 0.6 is 15.9 Å². The number of halogens is 1. The van der Waals surface area contributed by atoms with Crippen molar-refractivity contribution in [3.63, 3.8) is 0 Å². The quantitative estimate of drug-likeness (QED) is 0.927. The molecule has 1 saturated heterocycles. The van der Waals surface area contributed by atoms with E-state index in [1.54, 1.807) is 0 Å². The minimum absolute atomic E-state index is 0.00802. The van der Waals surface area contributed by atoms with Crippen LogP contribution in [0.15, 0.2) is 22.7 Å². The molecule has 1 aliphatic carbocycles. The summed E-state index contributed by atoms with van der Waals surface area (Å²) < 4.78 is 1.04. The number of benzene rings is 1. The average molecular weight is 323 g/mol. The average Bonchev–Trinajstić information content (AvgIpc) is 3.20. The van der Waals surface area contributed by atoms with Crippen molar-refractivity contribution in [2.45, 2.75) is 44.7 Å². The van der Waals surface area contributed by atoms with Crippen LogP contribution in [0.1, 0.15) is 31.2 Å². The van der Waals surface area contributed by atoms with E-state index in [4.69, 9.17) is 0 Å². The van der Waals surface area contributed by atoms with Gasteiger partial charge in [0.2, 0.25) is 5.91 Å². The van der Waals surface area contributed by atoms with Crippen LogP contribution in [0.5, 0.6) is 0 Å². The van der Waals surface area contributed by atoms with Crippen LogP contribution in [0, 0.1) is 6.92 Å². The first-order chi connectivity index (χ1) is 9.16. The SMILES string of the molecule is Cc1cccc(N2CCCC(NC3CC3)C2=O)c1Br. The summed E-state index contributed by atoms with van der Waals surface area (Å²) >= 11 is 3.61. The van der Waals surface area contributed by atoms with Gasteiger partial charge in [-0.1, -0.05) is 12.1 Å². The van der Waals surface area contributed by atoms with Gasteiger partial charge in [-0.05, 0) is 60.2 Å². The van der Waals surface area contributed by atoms with Gasteiger partial charge in [0.05, 0.1) is 11.7 Å². The van der Waals surface area contributed by atoms with Crippen molar-refractivity contribution in [1.82, 2.24) is 5.32 Å². The van der Waals surface area contributed by atoms with E-state index in [1.165, 1.54) is 18.4 Å². The standard InChI is InChI=1S/C15H19BrN2O/c1-10-4-2-6-13(14(10)16)18-9-3-5-12(15(18)19)17-11-7-8-11/h2,4,6,11-12,17H,3,5,7-9H2,1H3. The van der Waals surface area contributed by atoms with Gasteiger partial charge in [-0.3, -0.25) is 4.79 Å². The third kappa shape index (κ3) is 2.70. The largest absolute Gasteiger partial charge is 0.310 e. The molecule has 2 aliphatic rings. The van der Waals surface area contributed by atoms with Crippen LogP contribution in [-0.4, -0.2) is 24.5 Å². The van der Waals surface area contributed by atoms with Crippen molar-refractivity contribution in [3.05, 3.63) is 28.2 Å². The number of piperidine rings is 1. The second kappa shape index (κ2) is 5.25. The third-order valence-electron chi connectivity index (χ3n) is 3.92. The van der Waals surface area contributed by atoms with E-state index >= 15 is 0 Å². The van der Waals surface area contributed by atoms with Gasteiger partial charge in [0.25, 0.3) is 0 Å². The lowest BCUT2D eigenvalue weighted by Gasteiger charge is -2.33. The molecule has 19 heavy (non-hydrogen) atoms. The minimum Gasteiger partial charge on any atom is -0.310 e. The smallest absolute Gasteiger partial charge is 0.244 e. The normalized spacial score (nSPS) is 23.8. The molecule has 1 N–H and O–H groups in total. The van der Waals surface area contributed by atoms with Crippen LogP contribution in [0.2, 0.25) is 0 Å². The zero-order valence-corrected chi connectivity index (χ0v) is 12.7. The Morgan fingerprint density at radius 2 is 2.11 bits per heavy atom. The first kappa shape index (κ1) is 13.1. The number of rotatable bonds is 3. The van der Waals surface area contributed by atoms with Gasteiger partial charge >= 0.3 is 0 Å². The van der Waals surface area contributed by atoms with Crippen molar-refractivity contribution in [1.29, 1.82) is 0 Å². The molecular weight excluding hydrogens is 304 g/mol. The molecule has 1 amide bonds. The summed E-state index contributed by atoms with van der Waals surface area (Å²) in [5.41, 5.74) is 2.18. The second-order valence-corrected chi connectivity index (χ2v) is 6.33. The molecule has 0 spiro atoms. The number of nitrogens with zero attached hydrogens (tertiary/aromatic N) is 1. The van der Waals surface area contributed by atoms with Crippen molar-refractivity contribution in [3.8, 4) is 0 Å². The molecule has 1 aromatic carbocycles. The van der Waals surface area contributed by atoms with Crippen LogP contribution in [0.25, 0.3) is 0 Å². The van der Waals surface area contributed by atoms with Gasteiger partial charge in [-0.25, -0.2) is 0 Å². The Bertz CT molecular complexity index is 499. The van der Waals surface area contributed by atoms with Crippen LogP contribution in [0.4, 0.5) is 5.69 Å². The highest BCUT2D eigenvalue weighted by Crippen LogP contribution is 2.32.